The molecular formula is C18H27N3OS. The first kappa shape index (κ1) is 17.9. The highest BCUT2D eigenvalue weighted by Gasteiger charge is 2.35. The number of aliphatic imine (C=N–C) groups is 1. The molecule has 0 radical (unpaired) electrons. The van der Waals surface area contributed by atoms with E-state index in [1.807, 2.05) is 29.7 Å². The third kappa shape index (κ3) is 3.89. The standard InChI is InChI=1S/C18H27N3OS/c1-12(2)21-16(19-18(5,6)7)23-11-20(17(21)22)15-13(3)9-8-10-14(15)4/h8-10,12H,11H2,1-7H3/b19-16-. The molecule has 1 aromatic rings. The van der Waals surface area contributed by atoms with E-state index in [-0.39, 0.29) is 17.6 Å². The Hall–Kier alpha value is -1.49. The first-order valence-electron chi connectivity index (χ1n) is 8.01. The molecule has 0 N–H and O–H groups in total. The Morgan fingerprint density at radius 1 is 1.17 bits per heavy atom. The van der Waals surface area contributed by atoms with Gasteiger partial charge in [0, 0.05) is 6.04 Å². The zero-order valence-corrected chi connectivity index (χ0v) is 16.0. The van der Waals surface area contributed by atoms with Crippen molar-refractivity contribution in [3.8, 4) is 0 Å². The van der Waals surface area contributed by atoms with Gasteiger partial charge in [0.1, 0.15) is 0 Å². The number of benzene rings is 1. The zero-order chi connectivity index (χ0) is 17.4. The summed E-state index contributed by atoms with van der Waals surface area (Å²) in [5, 5.41) is 0.819. The van der Waals surface area contributed by atoms with Gasteiger partial charge in [0.2, 0.25) is 0 Å². The minimum absolute atomic E-state index is 0.0131. The predicted molar refractivity (Wildman–Crippen MR) is 100 cm³/mol. The number of hydrogen-bond donors (Lipinski definition) is 0. The number of aryl methyl sites for hydroxylation is 2. The Morgan fingerprint density at radius 3 is 2.22 bits per heavy atom. The van der Waals surface area contributed by atoms with Crippen LogP contribution in [-0.2, 0) is 0 Å². The molecule has 126 valence electrons. The molecule has 0 bridgehead atoms. The van der Waals surface area contributed by atoms with Crippen LogP contribution in [-0.4, -0.2) is 33.6 Å². The van der Waals surface area contributed by atoms with E-state index in [1.54, 1.807) is 11.8 Å². The predicted octanol–water partition coefficient (Wildman–Crippen LogP) is 4.80. The number of amides is 2. The number of nitrogens with zero attached hydrogens (tertiary/aromatic N) is 3. The van der Waals surface area contributed by atoms with Crippen molar-refractivity contribution in [1.82, 2.24) is 4.90 Å². The highest BCUT2D eigenvalue weighted by atomic mass is 32.2. The van der Waals surface area contributed by atoms with Gasteiger partial charge in [-0.2, -0.15) is 0 Å². The van der Waals surface area contributed by atoms with Gasteiger partial charge in [-0.3, -0.25) is 14.8 Å². The second-order valence-corrected chi connectivity index (χ2v) is 8.17. The summed E-state index contributed by atoms with van der Waals surface area (Å²) in [6.45, 7) is 14.3. The van der Waals surface area contributed by atoms with Crippen molar-refractivity contribution in [3.63, 3.8) is 0 Å². The van der Waals surface area contributed by atoms with Crippen LogP contribution < -0.4 is 4.90 Å². The molecule has 0 atom stereocenters. The van der Waals surface area contributed by atoms with E-state index in [1.165, 1.54) is 0 Å². The van der Waals surface area contributed by atoms with Gasteiger partial charge in [-0.1, -0.05) is 30.0 Å². The number of rotatable bonds is 2. The summed E-state index contributed by atoms with van der Waals surface area (Å²) in [6.07, 6.45) is 0. The second-order valence-electron chi connectivity index (χ2n) is 7.25. The summed E-state index contributed by atoms with van der Waals surface area (Å²) < 4.78 is 0. The highest BCUT2D eigenvalue weighted by molar-refractivity contribution is 8.14. The van der Waals surface area contributed by atoms with Gasteiger partial charge in [-0.05, 0) is 59.6 Å². The summed E-state index contributed by atoms with van der Waals surface area (Å²) in [6, 6.07) is 6.22. The normalized spacial score (nSPS) is 18.3. The fraction of sp³-hybridized carbons (Fsp3) is 0.556. The quantitative estimate of drug-likeness (QED) is 0.779. The topological polar surface area (TPSA) is 35.9 Å². The molecule has 0 aromatic heterocycles. The molecule has 1 aliphatic rings. The third-order valence-corrected chi connectivity index (χ3v) is 4.56. The maximum atomic E-state index is 13.1. The van der Waals surface area contributed by atoms with Crippen molar-refractivity contribution in [3.05, 3.63) is 29.3 Å². The zero-order valence-electron chi connectivity index (χ0n) is 15.2. The van der Waals surface area contributed by atoms with E-state index in [2.05, 4.69) is 46.8 Å². The first-order chi connectivity index (χ1) is 10.6. The number of carbonyl (C=O) groups is 1. The molecule has 5 heteroatoms. The Bertz CT molecular complexity index is 611. The Morgan fingerprint density at radius 2 is 1.74 bits per heavy atom. The molecule has 0 saturated carbocycles. The lowest BCUT2D eigenvalue weighted by molar-refractivity contribution is 0.220. The molecule has 2 amide bonds. The van der Waals surface area contributed by atoms with Gasteiger partial charge in [-0.15, -0.1) is 0 Å². The number of carbonyl (C=O) groups excluding carboxylic acids is 1. The molecule has 0 unspecified atom stereocenters. The molecule has 0 spiro atoms. The fourth-order valence-electron chi connectivity index (χ4n) is 2.67. The molecule has 0 aliphatic carbocycles. The molecule has 2 rings (SSSR count). The van der Waals surface area contributed by atoms with Gasteiger partial charge < -0.3 is 0 Å². The second kappa shape index (κ2) is 6.56. The van der Waals surface area contributed by atoms with Crippen molar-refractivity contribution in [2.75, 3.05) is 10.8 Å². The van der Waals surface area contributed by atoms with Gasteiger partial charge in [0.15, 0.2) is 5.17 Å². The molecular weight excluding hydrogens is 306 g/mol. The van der Waals surface area contributed by atoms with Crippen LogP contribution in [0, 0.1) is 13.8 Å². The third-order valence-electron chi connectivity index (χ3n) is 3.62. The molecule has 1 fully saturated rings. The first-order valence-corrected chi connectivity index (χ1v) is 9.00. The van der Waals surface area contributed by atoms with Crippen LogP contribution in [0.5, 0.6) is 0 Å². The van der Waals surface area contributed by atoms with Crippen LogP contribution in [0.2, 0.25) is 0 Å². The van der Waals surface area contributed by atoms with Gasteiger partial charge in [0.05, 0.1) is 17.1 Å². The minimum atomic E-state index is -0.198. The highest BCUT2D eigenvalue weighted by Crippen LogP contribution is 2.33. The Labute approximate surface area is 144 Å². The lowest BCUT2D eigenvalue weighted by Gasteiger charge is -2.39. The Balaban J connectivity index is 2.43. The minimum Gasteiger partial charge on any atom is -0.283 e. The van der Waals surface area contributed by atoms with Crippen molar-refractivity contribution in [1.29, 1.82) is 0 Å². The van der Waals surface area contributed by atoms with Crippen molar-refractivity contribution in [2.24, 2.45) is 4.99 Å². The summed E-state index contributed by atoms with van der Waals surface area (Å²) in [5.41, 5.74) is 3.07. The monoisotopic (exact) mass is 333 g/mol. The summed E-state index contributed by atoms with van der Waals surface area (Å²) in [7, 11) is 0. The molecule has 1 aromatic carbocycles. The lowest BCUT2D eigenvalue weighted by Crippen LogP contribution is -2.53. The number of anilines is 1. The average molecular weight is 334 g/mol. The number of hydrogen-bond acceptors (Lipinski definition) is 3. The van der Waals surface area contributed by atoms with Crippen LogP contribution in [0.1, 0.15) is 45.7 Å². The van der Waals surface area contributed by atoms with E-state index in [0.717, 1.165) is 22.0 Å². The number of thioether (sulfide) groups is 1. The maximum absolute atomic E-state index is 13.1. The molecule has 1 saturated heterocycles. The van der Waals surface area contributed by atoms with Gasteiger partial charge in [0.25, 0.3) is 0 Å². The van der Waals surface area contributed by atoms with E-state index in [0.29, 0.717) is 5.88 Å². The number of para-hydroxylation sites is 1. The summed E-state index contributed by atoms with van der Waals surface area (Å²) in [5.74, 6) is 0.600. The molecule has 23 heavy (non-hydrogen) atoms. The van der Waals surface area contributed by atoms with Crippen LogP contribution in [0.4, 0.5) is 10.5 Å². The maximum Gasteiger partial charge on any atom is 0.331 e. The average Bonchev–Trinajstić information content (AvgIpc) is 2.38. The van der Waals surface area contributed by atoms with Gasteiger partial charge >= 0.3 is 6.03 Å². The number of amidine groups is 1. The lowest BCUT2D eigenvalue weighted by atomic mass is 10.1. The fourth-order valence-corrected chi connectivity index (χ4v) is 3.92. The van der Waals surface area contributed by atoms with Crippen molar-refractivity contribution < 1.29 is 4.79 Å². The largest absolute Gasteiger partial charge is 0.331 e. The molecule has 1 aliphatic heterocycles. The van der Waals surface area contributed by atoms with Gasteiger partial charge in [-0.25, -0.2) is 4.79 Å². The Kier molecular flexibility index (Phi) is 5.09. The summed E-state index contributed by atoms with van der Waals surface area (Å²) in [4.78, 5) is 21.6. The number of urea groups is 1. The van der Waals surface area contributed by atoms with Crippen LogP contribution in [0.25, 0.3) is 0 Å². The van der Waals surface area contributed by atoms with Crippen LogP contribution in [0.15, 0.2) is 23.2 Å². The van der Waals surface area contributed by atoms with E-state index in [9.17, 15) is 4.79 Å². The van der Waals surface area contributed by atoms with E-state index >= 15 is 0 Å². The van der Waals surface area contributed by atoms with E-state index in [4.69, 9.17) is 4.99 Å². The molecule has 4 nitrogen and oxygen atoms in total. The van der Waals surface area contributed by atoms with Crippen LogP contribution in [0.3, 0.4) is 0 Å². The van der Waals surface area contributed by atoms with Crippen LogP contribution >= 0.6 is 11.8 Å². The van der Waals surface area contributed by atoms with Crippen molar-refractivity contribution in [2.45, 2.75) is 60.0 Å². The smallest absolute Gasteiger partial charge is 0.283 e. The van der Waals surface area contributed by atoms with Crippen molar-refractivity contribution >= 4 is 28.6 Å². The summed E-state index contributed by atoms with van der Waals surface area (Å²) >= 11 is 1.63. The van der Waals surface area contributed by atoms with E-state index < -0.39 is 0 Å². The molecule has 1 heterocycles. The SMILES string of the molecule is Cc1cccc(C)c1N1CS/C(=N\C(C)(C)C)N(C(C)C)C1=O.